The number of nitrogens with one attached hydrogen (secondary N) is 1. The van der Waals surface area contributed by atoms with Crippen LogP contribution in [-0.4, -0.2) is 74.2 Å². The molecule has 5 rings (SSSR count). The minimum absolute atomic E-state index is 0.0306. The van der Waals surface area contributed by atoms with E-state index in [1.807, 2.05) is 27.8 Å². The molecule has 0 radical (unpaired) electrons. The molecule has 1 N–H and O–H groups in total. The predicted octanol–water partition coefficient (Wildman–Crippen LogP) is 3.68. The normalized spacial score (nSPS) is 19.3. The van der Waals surface area contributed by atoms with Gasteiger partial charge in [-0.2, -0.15) is 17.5 Å². The highest BCUT2D eigenvalue weighted by molar-refractivity contribution is 7.89. The minimum atomic E-state index is -4.46. The van der Waals surface area contributed by atoms with E-state index in [2.05, 4.69) is 10.3 Å². The number of hydrogen-bond donors (Lipinski definition) is 1. The van der Waals surface area contributed by atoms with Gasteiger partial charge in [0.05, 0.1) is 30.2 Å². The fourth-order valence-corrected chi connectivity index (χ4v) is 7.80. The van der Waals surface area contributed by atoms with Crippen LogP contribution in [0.3, 0.4) is 0 Å². The van der Waals surface area contributed by atoms with Crippen LogP contribution < -0.4 is 15.0 Å². The zero-order chi connectivity index (χ0) is 30.9. The molecule has 0 bridgehead atoms. The molecule has 10 nitrogen and oxygen atoms in total. The molecule has 4 heterocycles. The Morgan fingerprint density at radius 1 is 1.12 bits per heavy atom. The molecule has 1 amide bonds. The highest BCUT2D eigenvalue weighted by atomic mass is 32.2. The summed E-state index contributed by atoms with van der Waals surface area (Å²) in [5.41, 5.74) is 1.11. The third kappa shape index (κ3) is 6.50. The van der Waals surface area contributed by atoms with Crippen molar-refractivity contribution in [2.75, 3.05) is 44.9 Å². The Kier molecular flexibility index (Phi) is 8.72. The van der Waals surface area contributed by atoms with Crippen molar-refractivity contribution in [1.82, 2.24) is 19.2 Å². The predicted molar refractivity (Wildman–Crippen MR) is 152 cm³/mol. The van der Waals surface area contributed by atoms with E-state index in [0.29, 0.717) is 48.7 Å². The molecular weight excluding hydrogens is 587 g/mol. The number of methoxy groups -OCH3 is 1. The van der Waals surface area contributed by atoms with Gasteiger partial charge in [-0.15, -0.1) is 0 Å². The molecule has 2 aromatic heterocycles. The number of carbonyl (C=O) groups is 1. The zero-order valence-electron chi connectivity index (χ0n) is 24.1. The van der Waals surface area contributed by atoms with Crippen molar-refractivity contribution >= 4 is 21.7 Å². The summed E-state index contributed by atoms with van der Waals surface area (Å²) in [6.45, 7) is 4.82. The maximum atomic E-state index is 14.0. The van der Waals surface area contributed by atoms with Crippen LogP contribution in [0, 0.1) is 13.8 Å². The van der Waals surface area contributed by atoms with Crippen LogP contribution in [0.4, 0.5) is 19.0 Å². The van der Waals surface area contributed by atoms with Crippen molar-refractivity contribution < 1.29 is 35.9 Å². The summed E-state index contributed by atoms with van der Waals surface area (Å²) in [5, 5.41) is 2.90. The summed E-state index contributed by atoms with van der Waals surface area (Å²) in [4.78, 5) is 18.7. The Bertz CT molecular complexity index is 1550. The molecule has 2 aliphatic heterocycles. The van der Waals surface area contributed by atoms with Crippen LogP contribution in [0.25, 0.3) is 0 Å². The molecule has 3 aromatic rings. The summed E-state index contributed by atoms with van der Waals surface area (Å²) in [6, 6.07) is 8.54. The Balaban J connectivity index is 1.21. The molecule has 14 heteroatoms. The quantitative estimate of drug-likeness (QED) is 0.389. The first-order valence-electron chi connectivity index (χ1n) is 13.9. The number of alkyl halides is 3. The first-order chi connectivity index (χ1) is 20.4. The van der Waals surface area contributed by atoms with Gasteiger partial charge in [-0.1, -0.05) is 0 Å². The van der Waals surface area contributed by atoms with Crippen LogP contribution in [0.1, 0.15) is 34.8 Å². The number of sulfonamides is 1. The molecule has 1 saturated heterocycles. The Hall–Kier alpha value is -3.62. The highest BCUT2D eigenvalue weighted by Crippen LogP contribution is 2.35. The Morgan fingerprint density at radius 2 is 1.86 bits per heavy atom. The third-order valence-corrected chi connectivity index (χ3v) is 10.0. The molecule has 232 valence electrons. The van der Waals surface area contributed by atoms with Crippen LogP contribution >= 0.6 is 0 Å². The average molecular weight is 622 g/mol. The van der Waals surface area contributed by atoms with E-state index in [4.69, 9.17) is 9.47 Å². The number of benzene rings is 1. The number of aryl methyl sites for hydroxylation is 2. The van der Waals surface area contributed by atoms with Gasteiger partial charge in [0.2, 0.25) is 15.9 Å². The largest absolute Gasteiger partial charge is 0.497 e. The van der Waals surface area contributed by atoms with Crippen molar-refractivity contribution in [3.63, 3.8) is 0 Å². The second kappa shape index (κ2) is 12.2. The van der Waals surface area contributed by atoms with Crippen LogP contribution in [0.2, 0.25) is 0 Å². The number of hydrogen-bond acceptors (Lipinski definition) is 7. The lowest BCUT2D eigenvalue weighted by Crippen LogP contribution is -2.44. The van der Waals surface area contributed by atoms with E-state index in [9.17, 15) is 26.4 Å². The second-order valence-electron chi connectivity index (χ2n) is 10.8. The number of aromatic nitrogens is 2. The van der Waals surface area contributed by atoms with Crippen molar-refractivity contribution in [3.8, 4) is 5.75 Å². The van der Waals surface area contributed by atoms with Gasteiger partial charge in [-0.25, -0.2) is 13.4 Å². The number of halogens is 3. The number of amides is 1. The van der Waals surface area contributed by atoms with E-state index in [0.717, 1.165) is 18.0 Å². The number of carbonyl (C=O) groups excluding carboxylic acids is 1. The number of pyridine rings is 1. The molecule has 2 atom stereocenters. The molecule has 2 aliphatic rings. The van der Waals surface area contributed by atoms with Crippen LogP contribution in [-0.2, 0) is 32.3 Å². The van der Waals surface area contributed by atoms with Crippen molar-refractivity contribution in [2.24, 2.45) is 0 Å². The lowest BCUT2D eigenvalue weighted by molar-refractivity contribution is -0.137. The number of ether oxygens (including phenoxy) is 2. The van der Waals surface area contributed by atoms with Crippen molar-refractivity contribution in [2.45, 2.75) is 50.0 Å². The van der Waals surface area contributed by atoms with Gasteiger partial charge in [0.25, 0.3) is 0 Å². The molecular formula is C29H34F3N5O5S. The van der Waals surface area contributed by atoms with E-state index < -0.39 is 27.8 Å². The third-order valence-electron chi connectivity index (χ3n) is 7.81. The van der Waals surface area contributed by atoms with Crippen LogP contribution in [0.5, 0.6) is 5.75 Å². The topological polar surface area (TPSA) is 106 Å². The van der Waals surface area contributed by atoms with E-state index >= 15 is 0 Å². The summed E-state index contributed by atoms with van der Waals surface area (Å²) in [6.07, 6.45) is -1.17. The molecule has 0 aliphatic carbocycles. The number of rotatable bonds is 9. The lowest BCUT2D eigenvalue weighted by atomic mass is 10.1. The van der Waals surface area contributed by atoms with E-state index in [1.165, 1.54) is 17.5 Å². The molecule has 1 fully saturated rings. The van der Waals surface area contributed by atoms with Crippen LogP contribution in [0.15, 0.2) is 53.7 Å². The highest BCUT2D eigenvalue weighted by Gasteiger charge is 2.38. The van der Waals surface area contributed by atoms with Gasteiger partial charge < -0.3 is 24.3 Å². The zero-order valence-corrected chi connectivity index (χ0v) is 24.9. The van der Waals surface area contributed by atoms with E-state index in [1.54, 1.807) is 26.0 Å². The second-order valence-corrected chi connectivity index (χ2v) is 12.6. The van der Waals surface area contributed by atoms with Gasteiger partial charge >= 0.3 is 6.18 Å². The van der Waals surface area contributed by atoms with Crippen molar-refractivity contribution in [1.29, 1.82) is 0 Å². The molecule has 43 heavy (non-hydrogen) atoms. The average Bonchev–Trinajstić information content (AvgIpc) is 3.62. The number of fused-ring (bicyclic) bond motifs is 1. The number of nitrogens with zero attached hydrogens (tertiary/aromatic N) is 4. The van der Waals surface area contributed by atoms with Gasteiger partial charge in [0.15, 0.2) is 0 Å². The lowest BCUT2D eigenvalue weighted by Gasteiger charge is -2.36. The molecule has 0 spiro atoms. The first kappa shape index (κ1) is 30.8. The summed E-state index contributed by atoms with van der Waals surface area (Å²) in [5.74, 6) is 0.618. The standard InChI is InChI=1S/C29H34F3N5O5S/c1-19-13-23(41-3)14-20(2)28(19)43(39,40)37-12-11-35-9-4-5-24(35)25(37)17-42-18-27(38)34-22-8-10-36(16-22)26-7-6-21(15-33-26)29(30,31)32/h4-7,9,13-15,22,25H,8,10-12,16-18H2,1-3H3,(H,34,38). The van der Waals surface area contributed by atoms with Gasteiger partial charge in [-0.05, 0) is 67.8 Å². The summed E-state index contributed by atoms with van der Waals surface area (Å²) < 4.78 is 81.0. The van der Waals surface area contributed by atoms with Gasteiger partial charge in [-0.3, -0.25) is 4.79 Å². The molecule has 1 aromatic carbocycles. The minimum Gasteiger partial charge on any atom is -0.497 e. The fourth-order valence-electron chi connectivity index (χ4n) is 5.81. The van der Waals surface area contributed by atoms with E-state index in [-0.39, 0.29) is 36.6 Å². The Labute approximate surface area is 248 Å². The van der Waals surface area contributed by atoms with Crippen molar-refractivity contribution in [3.05, 3.63) is 71.2 Å². The fraction of sp³-hybridized carbons (Fsp3) is 0.448. The Morgan fingerprint density at radius 3 is 2.51 bits per heavy atom. The van der Waals surface area contributed by atoms with Gasteiger partial charge in [0.1, 0.15) is 18.2 Å². The first-order valence-corrected chi connectivity index (χ1v) is 15.3. The maximum Gasteiger partial charge on any atom is 0.417 e. The molecule has 2 unspecified atom stereocenters. The monoisotopic (exact) mass is 621 g/mol. The number of anilines is 1. The molecule has 0 saturated carbocycles. The maximum absolute atomic E-state index is 14.0. The summed E-state index contributed by atoms with van der Waals surface area (Å²) >= 11 is 0. The smallest absolute Gasteiger partial charge is 0.417 e. The van der Waals surface area contributed by atoms with Gasteiger partial charge in [0, 0.05) is 50.3 Å². The summed E-state index contributed by atoms with van der Waals surface area (Å²) in [7, 11) is -2.39. The SMILES string of the molecule is COc1cc(C)c(S(=O)(=O)N2CCn3cccc3C2COCC(=O)NC2CCN(c3ccc(C(F)(F)F)cn3)C2)c(C)c1.